The van der Waals surface area contributed by atoms with Gasteiger partial charge in [-0.25, -0.2) is 0 Å². The third-order valence-electron chi connectivity index (χ3n) is 4.71. The average Bonchev–Trinajstić information content (AvgIpc) is 2.77. The highest BCUT2D eigenvalue weighted by molar-refractivity contribution is 14.1. The minimum absolute atomic E-state index is 0.0439. The van der Waals surface area contributed by atoms with Gasteiger partial charge in [-0.3, -0.25) is 9.48 Å². The quantitative estimate of drug-likeness (QED) is 0.620. The third-order valence-corrected chi connectivity index (χ3v) is 5.25. The van der Waals surface area contributed by atoms with Crippen molar-refractivity contribution in [3.8, 4) is 0 Å². The van der Waals surface area contributed by atoms with Gasteiger partial charge in [-0.05, 0) is 31.6 Å². The summed E-state index contributed by atoms with van der Waals surface area (Å²) in [5, 5.41) is 7.82. The molecule has 0 unspecified atom stereocenters. The molecule has 0 saturated carbocycles. The van der Waals surface area contributed by atoms with Crippen molar-refractivity contribution >= 4 is 28.5 Å². The van der Waals surface area contributed by atoms with E-state index in [2.05, 4.69) is 33.0 Å². The van der Waals surface area contributed by atoms with Crippen molar-refractivity contribution in [3.63, 3.8) is 0 Å². The first-order valence-electron chi connectivity index (χ1n) is 7.69. The number of hydrogen-bond donors (Lipinski definition) is 1. The Morgan fingerprint density at radius 2 is 2.19 bits per heavy atom. The molecule has 1 amide bonds. The number of aryl methyl sites for hydroxylation is 2. The highest BCUT2D eigenvalue weighted by Gasteiger charge is 2.39. The molecule has 6 heteroatoms. The van der Waals surface area contributed by atoms with Gasteiger partial charge >= 0.3 is 0 Å². The van der Waals surface area contributed by atoms with Gasteiger partial charge in [0.1, 0.15) is 5.69 Å². The third kappa shape index (κ3) is 2.84. The maximum Gasteiger partial charge on any atom is 0.269 e. The molecule has 3 rings (SSSR count). The highest BCUT2D eigenvalue weighted by Crippen LogP contribution is 2.37. The molecule has 0 aromatic carbocycles. The first-order valence-corrected chi connectivity index (χ1v) is 9.22. The van der Waals surface area contributed by atoms with Crippen LogP contribution in [0.5, 0.6) is 0 Å². The van der Waals surface area contributed by atoms with E-state index in [0.29, 0.717) is 0 Å². The molecule has 0 atom stereocenters. The molecule has 0 radical (unpaired) electrons. The zero-order valence-electron chi connectivity index (χ0n) is 12.5. The largest absolute Gasteiger partial charge is 0.381 e. The molecule has 2 aliphatic rings. The number of fused-ring (bicyclic) bond motifs is 1. The fourth-order valence-corrected chi connectivity index (χ4v) is 3.97. The summed E-state index contributed by atoms with van der Waals surface area (Å²) in [4.78, 5) is 12.5. The average molecular weight is 403 g/mol. The van der Waals surface area contributed by atoms with Gasteiger partial charge in [-0.2, -0.15) is 5.10 Å². The minimum atomic E-state index is 0.0439. The summed E-state index contributed by atoms with van der Waals surface area (Å²) in [6, 6.07) is 0. The maximum absolute atomic E-state index is 12.5. The molecule has 3 heterocycles. The summed E-state index contributed by atoms with van der Waals surface area (Å²) in [6.45, 7) is 5.15. The van der Waals surface area contributed by atoms with Crippen LogP contribution in [0.4, 0.5) is 0 Å². The molecule has 21 heavy (non-hydrogen) atoms. The standard InChI is InChI=1S/C15H22IN3O2/c1-2-19-13-11(12(18-19)3-6-16)9-15(10-17-14(13)20)4-7-21-8-5-15/h2-10H2,1H3,(H,17,20). The Hall–Kier alpha value is -0.630. The number of nitrogens with one attached hydrogen (secondary N) is 1. The Bertz CT molecular complexity index is 535. The van der Waals surface area contributed by atoms with Gasteiger partial charge in [0.25, 0.3) is 5.91 Å². The second-order valence-electron chi connectivity index (χ2n) is 6.00. The summed E-state index contributed by atoms with van der Waals surface area (Å²) >= 11 is 2.38. The molecular weight excluding hydrogens is 381 g/mol. The van der Waals surface area contributed by atoms with E-state index < -0.39 is 0 Å². The highest BCUT2D eigenvalue weighted by atomic mass is 127. The van der Waals surface area contributed by atoms with E-state index in [-0.39, 0.29) is 11.3 Å². The zero-order chi connectivity index (χ0) is 14.9. The van der Waals surface area contributed by atoms with E-state index in [1.807, 2.05) is 11.6 Å². The lowest BCUT2D eigenvalue weighted by molar-refractivity contribution is 0.0160. The van der Waals surface area contributed by atoms with E-state index in [0.717, 1.165) is 67.8 Å². The van der Waals surface area contributed by atoms with Crippen LogP contribution in [-0.4, -0.2) is 39.9 Å². The van der Waals surface area contributed by atoms with Crippen LogP contribution in [0.15, 0.2) is 0 Å². The molecule has 0 bridgehead atoms. The zero-order valence-corrected chi connectivity index (χ0v) is 14.6. The summed E-state index contributed by atoms with van der Waals surface area (Å²) in [6.07, 6.45) is 3.94. The molecule has 1 fully saturated rings. The number of nitrogens with zero attached hydrogens (tertiary/aromatic N) is 2. The fraction of sp³-hybridized carbons (Fsp3) is 0.733. The number of ether oxygens (including phenoxy) is 1. The Morgan fingerprint density at radius 1 is 1.43 bits per heavy atom. The molecule has 0 aliphatic carbocycles. The van der Waals surface area contributed by atoms with Gasteiger partial charge in [-0.1, -0.05) is 22.6 Å². The summed E-state index contributed by atoms with van der Waals surface area (Å²) in [5.74, 6) is 0.0439. The smallest absolute Gasteiger partial charge is 0.269 e. The van der Waals surface area contributed by atoms with Crippen LogP contribution >= 0.6 is 22.6 Å². The first kappa shape index (κ1) is 15.3. The van der Waals surface area contributed by atoms with Crippen molar-refractivity contribution in [2.45, 2.75) is 39.2 Å². The monoisotopic (exact) mass is 403 g/mol. The van der Waals surface area contributed by atoms with Crippen LogP contribution in [0.2, 0.25) is 0 Å². The number of carbonyl (C=O) groups is 1. The topological polar surface area (TPSA) is 56.2 Å². The van der Waals surface area contributed by atoms with E-state index in [1.165, 1.54) is 5.56 Å². The number of amides is 1. The number of rotatable bonds is 3. The van der Waals surface area contributed by atoms with Crippen LogP contribution < -0.4 is 5.32 Å². The molecule has 5 nitrogen and oxygen atoms in total. The van der Waals surface area contributed by atoms with Crippen LogP contribution in [0, 0.1) is 5.41 Å². The van der Waals surface area contributed by atoms with Gasteiger partial charge in [-0.15, -0.1) is 0 Å². The molecule has 1 aromatic heterocycles. The molecule has 1 spiro atoms. The van der Waals surface area contributed by atoms with E-state index >= 15 is 0 Å². The Labute approximate surface area is 138 Å². The van der Waals surface area contributed by atoms with Gasteiger partial charge < -0.3 is 10.1 Å². The Balaban J connectivity index is 2.03. The summed E-state index contributed by atoms with van der Waals surface area (Å²) in [5.41, 5.74) is 3.25. The predicted molar refractivity (Wildman–Crippen MR) is 89.0 cm³/mol. The number of hydrogen-bond acceptors (Lipinski definition) is 3. The summed E-state index contributed by atoms with van der Waals surface area (Å²) < 4.78 is 8.43. The van der Waals surface area contributed by atoms with Crippen LogP contribution in [0.3, 0.4) is 0 Å². The number of alkyl halides is 1. The molecule has 2 aliphatic heterocycles. The van der Waals surface area contributed by atoms with E-state index in [9.17, 15) is 4.79 Å². The van der Waals surface area contributed by atoms with E-state index in [1.54, 1.807) is 0 Å². The predicted octanol–water partition coefficient (Wildman–Crippen LogP) is 1.96. The van der Waals surface area contributed by atoms with Crippen molar-refractivity contribution in [3.05, 3.63) is 17.0 Å². The van der Waals surface area contributed by atoms with Crippen molar-refractivity contribution in [1.82, 2.24) is 15.1 Å². The SMILES string of the molecule is CCn1nc(CCI)c2c1C(=O)NCC1(CCOCC1)C2. The van der Waals surface area contributed by atoms with Gasteiger partial charge in [0, 0.05) is 42.7 Å². The van der Waals surface area contributed by atoms with Gasteiger partial charge in [0.05, 0.1) is 5.69 Å². The van der Waals surface area contributed by atoms with Crippen LogP contribution in [0.1, 0.15) is 41.5 Å². The van der Waals surface area contributed by atoms with Crippen molar-refractivity contribution < 1.29 is 9.53 Å². The first-order chi connectivity index (χ1) is 10.2. The lowest BCUT2D eigenvalue weighted by atomic mass is 9.75. The fourth-order valence-electron chi connectivity index (χ4n) is 3.45. The summed E-state index contributed by atoms with van der Waals surface area (Å²) in [7, 11) is 0. The molecule has 1 aromatic rings. The van der Waals surface area contributed by atoms with Crippen molar-refractivity contribution in [2.24, 2.45) is 5.41 Å². The van der Waals surface area contributed by atoms with Crippen LogP contribution in [0.25, 0.3) is 0 Å². The second kappa shape index (κ2) is 6.24. The molecule has 1 saturated heterocycles. The Morgan fingerprint density at radius 3 is 2.86 bits per heavy atom. The normalized spacial score (nSPS) is 21.0. The number of aromatic nitrogens is 2. The maximum atomic E-state index is 12.5. The second-order valence-corrected chi connectivity index (χ2v) is 7.08. The molecular formula is C15H22IN3O2. The molecule has 1 N–H and O–H groups in total. The Kier molecular flexibility index (Phi) is 4.54. The number of halogens is 1. The van der Waals surface area contributed by atoms with Gasteiger partial charge in [0.2, 0.25) is 0 Å². The minimum Gasteiger partial charge on any atom is -0.381 e. The van der Waals surface area contributed by atoms with E-state index in [4.69, 9.17) is 4.74 Å². The lowest BCUT2D eigenvalue weighted by Gasteiger charge is -2.36. The number of carbonyl (C=O) groups excluding carboxylic acids is 1. The van der Waals surface area contributed by atoms with Crippen molar-refractivity contribution in [1.29, 1.82) is 0 Å². The lowest BCUT2D eigenvalue weighted by Crippen LogP contribution is -2.40. The molecule has 116 valence electrons. The van der Waals surface area contributed by atoms with Crippen LogP contribution in [-0.2, 0) is 24.1 Å². The van der Waals surface area contributed by atoms with Crippen molar-refractivity contribution in [2.75, 3.05) is 24.2 Å². The van der Waals surface area contributed by atoms with Gasteiger partial charge in [0.15, 0.2) is 0 Å².